The van der Waals surface area contributed by atoms with Crippen LogP contribution in [0.5, 0.6) is 0 Å². The smallest absolute Gasteiger partial charge is 0.407 e. The highest BCUT2D eigenvalue weighted by Crippen LogP contribution is 2.06. The molecule has 0 unspecified atom stereocenters. The molecule has 0 spiro atoms. The lowest BCUT2D eigenvalue weighted by Gasteiger charge is -2.20. The lowest BCUT2D eigenvalue weighted by Crippen LogP contribution is -2.40. The summed E-state index contributed by atoms with van der Waals surface area (Å²) in [7, 11) is 0. The molecule has 0 saturated carbocycles. The number of aliphatic carboxylic acids is 1. The maximum atomic E-state index is 11.3. The van der Waals surface area contributed by atoms with Crippen molar-refractivity contribution >= 4 is 18.0 Å². The normalized spacial score (nSPS) is 12.4. The van der Waals surface area contributed by atoms with Gasteiger partial charge in [-0.05, 0) is 33.6 Å². The number of hydrogen-bond acceptors (Lipinski definition) is 4. The van der Waals surface area contributed by atoms with E-state index in [-0.39, 0.29) is 13.0 Å². The van der Waals surface area contributed by atoms with Gasteiger partial charge in [0.1, 0.15) is 11.6 Å². The molecule has 0 radical (unpaired) electrons. The van der Waals surface area contributed by atoms with Gasteiger partial charge in [-0.3, -0.25) is 4.79 Å². The van der Waals surface area contributed by atoms with E-state index in [0.717, 1.165) is 0 Å². The zero-order chi connectivity index (χ0) is 15.1. The summed E-state index contributed by atoms with van der Waals surface area (Å²) in [6.45, 7) is 6.81. The highest BCUT2D eigenvalue weighted by atomic mass is 16.6. The van der Waals surface area contributed by atoms with Crippen molar-refractivity contribution < 1.29 is 24.2 Å². The molecule has 19 heavy (non-hydrogen) atoms. The SMILES string of the molecule is CC(=O)N[C@@H](CCCNC(=O)OC(C)(C)C)C(=O)O. The standard InChI is InChI=1S/C12H22N2O5/c1-8(15)14-9(10(16)17)6-5-7-13-11(18)19-12(2,3)4/h9H,5-7H2,1-4H3,(H,13,18)(H,14,15)(H,16,17)/t9-/m0/s1. The minimum Gasteiger partial charge on any atom is -0.480 e. The van der Waals surface area contributed by atoms with Crippen molar-refractivity contribution in [1.29, 1.82) is 0 Å². The minimum absolute atomic E-state index is 0.241. The number of alkyl carbamates (subject to hydrolysis) is 1. The van der Waals surface area contributed by atoms with Crippen molar-refractivity contribution in [3.8, 4) is 0 Å². The quantitative estimate of drug-likeness (QED) is 0.624. The molecule has 0 aliphatic carbocycles. The molecule has 0 bridgehead atoms. The van der Waals surface area contributed by atoms with Gasteiger partial charge in [0.05, 0.1) is 0 Å². The van der Waals surface area contributed by atoms with Gasteiger partial charge < -0.3 is 20.5 Å². The first-order valence-corrected chi connectivity index (χ1v) is 6.08. The summed E-state index contributed by atoms with van der Waals surface area (Å²) in [6.07, 6.45) is 0.125. The fourth-order valence-electron chi connectivity index (χ4n) is 1.31. The topological polar surface area (TPSA) is 105 Å². The Balaban J connectivity index is 3.92. The van der Waals surface area contributed by atoms with E-state index in [0.29, 0.717) is 6.42 Å². The highest BCUT2D eigenvalue weighted by Gasteiger charge is 2.18. The van der Waals surface area contributed by atoms with Crippen LogP contribution in [0.4, 0.5) is 4.79 Å². The van der Waals surface area contributed by atoms with Crippen LogP contribution >= 0.6 is 0 Å². The van der Waals surface area contributed by atoms with Crippen LogP contribution in [0.15, 0.2) is 0 Å². The lowest BCUT2D eigenvalue weighted by atomic mass is 10.1. The summed E-state index contributed by atoms with van der Waals surface area (Å²) in [5.74, 6) is -1.49. The number of rotatable bonds is 6. The summed E-state index contributed by atoms with van der Waals surface area (Å²) in [5, 5.41) is 13.7. The van der Waals surface area contributed by atoms with Crippen LogP contribution in [0.25, 0.3) is 0 Å². The Morgan fingerprint density at radius 1 is 1.26 bits per heavy atom. The van der Waals surface area contributed by atoms with Gasteiger partial charge in [-0.25, -0.2) is 9.59 Å². The molecule has 0 heterocycles. The van der Waals surface area contributed by atoms with Gasteiger partial charge >= 0.3 is 12.1 Å². The van der Waals surface area contributed by atoms with Crippen molar-refractivity contribution in [2.75, 3.05) is 6.54 Å². The van der Waals surface area contributed by atoms with E-state index in [1.807, 2.05) is 0 Å². The number of nitrogens with one attached hydrogen (secondary N) is 2. The molecule has 7 nitrogen and oxygen atoms in total. The van der Waals surface area contributed by atoms with Crippen molar-refractivity contribution in [2.45, 2.75) is 52.2 Å². The molecular weight excluding hydrogens is 252 g/mol. The average molecular weight is 274 g/mol. The van der Waals surface area contributed by atoms with Gasteiger partial charge in [0.25, 0.3) is 0 Å². The Morgan fingerprint density at radius 3 is 2.26 bits per heavy atom. The minimum atomic E-state index is -1.09. The Bertz CT molecular complexity index is 336. The lowest BCUT2D eigenvalue weighted by molar-refractivity contribution is -0.141. The van der Waals surface area contributed by atoms with E-state index in [4.69, 9.17) is 9.84 Å². The first-order valence-electron chi connectivity index (χ1n) is 6.08. The van der Waals surface area contributed by atoms with Gasteiger partial charge in [0.15, 0.2) is 0 Å². The molecule has 7 heteroatoms. The molecule has 110 valence electrons. The summed E-state index contributed by atoms with van der Waals surface area (Å²) < 4.78 is 5.02. The molecule has 3 N–H and O–H groups in total. The molecule has 2 amide bonds. The average Bonchev–Trinajstić information content (AvgIpc) is 2.19. The third kappa shape index (κ3) is 9.87. The van der Waals surface area contributed by atoms with Crippen LogP contribution in [-0.4, -0.2) is 41.3 Å². The second-order valence-electron chi connectivity index (χ2n) is 5.16. The van der Waals surface area contributed by atoms with Crippen molar-refractivity contribution in [1.82, 2.24) is 10.6 Å². The van der Waals surface area contributed by atoms with Crippen molar-refractivity contribution in [3.63, 3.8) is 0 Å². The van der Waals surface area contributed by atoms with Crippen LogP contribution in [0.3, 0.4) is 0 Å². The van der Waals surface area contributed by atoms with Gasteiger partial charge in [-0.2, -0.15) is 0 Å². The first-order chi connectivity index (χ1) is 8.61. The fraction of sp³-hybridized carbons (Fsp3) is 0.750. The Morgan fingerprint density at radius 2 is 1.84 bits per heavy atom. The number of carbonyl (C=O) groups excluding carboxylic acids is 2. The van der Waals surface area contributed by atoms with Gasteiger partial charge in [0, 0.05) is 13.5 Å². The molecule has 0 aromatic rings. The van der Waals surface area contributed by atoms with E-state index in [9.17, 15) is 14.4 Å². The number of hydrogen-bond donors (Lipinski definition) is 3. The maximum Gasteiger partial charge on any atom is 0.407 e. The number of carboxylic acid groups (broad SMARTS) is 1. The summed E-state index contributed by atoms with van der Waals surface area (Å²) in [6, 6.07) is -0.932. The first kappa shape index (κ1) is 17.2. The highest BCUT2D eigenvalue weighted by molar-refractivity contribution is 5.81. The Kier molecular flexibility index (Phi) is 6.89. The molecule has 0 aromatic carbocycles. The monoisotopic (exact) mass is 274 g/mol. The molecule has 0 aromatic heterocycles. The number of carboxylic acids is 1. The second kappa shape index (κ2) is 7.60. The zero-order valence-corrected chi connectivity index (χ0v) is 11.8. The molecule has 0 saturated heterocycles. The maximum absolute atomic E-state index is 11.3. The third-order valence-electron chi connectivity index (χ3n) is 2.01. The van der Waals surface area contributed by atoms with E-state index in [1.165, 1.54) is 6.92 Å². The Hall–Kier alpha value is -1.79. The molecule has 0 aliphatic rings. The summed E-state index contributed by atoms with van der Waals surface area (Å²) in [5.41, 5.74) is -0.566. The van der Waals surface area contributed by atoms with Crippen molar-refractivity contribution in [3.05, 3.63) is 0 Å². The molecule has 0 fully saturated rings. The summed E-state index contributed by atoms with van der Waals surface area (Å²) in [4.78, 5) is 32.9. The zero-order valence-electron chi connectivity index (χ0n) is 11.8. The van der Waals surface area contributed by atoms with E-state index < -0.39 is 29.6 Å². The molecule has 0 rings (SSSR count). The third-order valence-corrected chi connectivity index (χ3v) is 2.01. The van der Waals surface area contributed by atoms with E-state index in [2.05, 4.69) is 10.6 Å². The van der Waals surface area contributed by atoms with Crippen LogP contribution < -0.4 is 10.6 Å². The van der Waals surface area contributed by atoms with Gasteiger partial charge in [-0.15, -0.1) is 0 Å². The van der Waals surface area contributed by atoms with Gasteiger partial charge in [0.2, 0.25) is 5.91 Å². The number of amides is 2. The van der Waals surface area contributed by atoms with Crippen LogP contribution in [0.1, 0.15) is 40.5 Å². The predicted molar refractivity (Wildman–Crippen MR) is 68.7 cm³/mol. The Labute approximate surface area is 112 Å². The van der Waals surface area contributed by atoms with Crippen molar-refractivity contribution in [2.24, 2.45) is 0 Å². The molecular formula is C12H22N2O5. The number of ether oxygens (including phenoxy) is 1. The van der Waals surface area contributed by atoms with Gasteiger partial charge in [-0.1, -0.05) is 0 Å². The second-order valence-corrected chi connectivity index (χ2v) is 5.16. The van der Waals surface area contributed by atoms with Crippen LogP contribution in [-0.2, 0) is 14.3 Å². The number of carbonyl (C=O) groups is 3. The van der Waals surface area contributed by atoms with E-state index in [1.54, 1.807) is 20.8 Å². The fourth-order valence-corrected chi connectivity index (χ4v) is 1.31. The van der Waals surface area contributed by atoms with Crippen LogP contribution in [0, 0.1) is 0 Å². The molecule has 0 aliphatic heterocycles. The molecule has 1 atom stereocenters. The van der Waals surface area contributed by atoms with E-state index >= 15 is 0 Å². The van der Waals surface area contributed by atoms with Crippen LogP contribution in [0.2, 0.25) is 0 Å². The largest absolute Gasteiger partial charge is 0.480 e. The predicted octanol–water partition coefficient (Wildman–Crippen LogP) is 0.881. The summed E-state index contributed by atoms with van der Waals surface area (Å²) >= 11 is 0.